The number of thioether (sulfide) groups is 1. The van der Waals surface area contributed by atoms with Gasteiger partial charge in [-0.15, -0.1) is 11.8 Å². The summed E-state index contributed by atoms with van der Waals surface area (Å²) in [7, 11) is 0. The highest BCUT2D eigenvalue weighted by molar-refractivity contribution is 8.01. The molecule has 31 heavy (non-hydrogen) atoms. The van der Waals surface area contributed by atoms with Gasteiger partial charge in [-0.05, 0) is 30.7 Å². The molecule has 0 radical (unpaired) electrons. The van der Waals surface area contributed by atoms with E-state index in [-0.39, 0.29) is 11.5 Å². The quantitative estimate of drug-likeness (QED) is 0.601. The van der Waals surface area contributed by atoms with E-state index in [0.717, 1.165) is 22.4 Å². The predicted octanol–water partition coefficient (Wildman–Crippen LogP) is 4.72. The predicted molar refractivity (Wildman–Crippen MR) is 120 cm³/mol. The molecule has 2 heterocycles. The summed E-state index contributed by atoms with van der Waals surface area (Å²) in [6.45, 7) is 2.82. The summed E-state index contributed by atoms with van der Waals surface area (Å²) in [5.74, 6) is -0.570. The van der Waals surface area contributed by atoms with E-state index in [1.165, 1.54) is 23.9 Å². The summed E-state index contributed by atoms with van der Waals surface area (Å²) in [5, 5.41) is 0. The lowest BCUT2D eigenvalue weighted by Gasteiger charge is -2.33. The number of carbonyl (C=O) groups excluding carboxylic acids is 2. The Morgan fingerprint density at radius 1 is 1.06 bits per heavy atom. The molecule has 0 aliphatic carbocycles. The molecule has 2 aliphatic rings. The zero-order valence-corrected chi connectivity index (χ0v) is 17.9. The summed E-state index contributed by atoms with van der Waals surface area (Å²) >= 11 is 1.45. The largest absolute Gasteiger partial charge is 0.311 e. The van der Waals surface area contributed by atoms with Gasteiger partial charge in [-0.3, -0.25) is 9.59 Å². The number of hydrogen-bond acceptors (Lipinski definition) is 3. The van der Waals surface area contributed by atoms with Crippen molar-refractivity contribution >= 4 is 29.3 Å². The maximum absolute atomic E-state index is 14.4. The van der Waals surface area contributed by atoms with Gasteiger partial charge in [-0.2, -0.15) is 0 Å². The van der Waals surface area contributed by atoms with E-state index in [0.29, 0.717) is 18.8 Å². The van der Waals surface area contributed by atoms with E-state index >= 15 is 0 Å². The molecule has 0 bridgehead atoms. The number of hydrogen-bond donors (Lipinski definition) is 0. The first kappa shape index (κ1) is 19.8. The zero-order valence-electron chi connectivity index (χ0n) is 17.0. The molecule has 2 aliphatic heterocycles. The third-order valence-electron chi connectivity index (χ3n) is 5.87. The van der Waals surface area contributed by atoms with Crippen LogP contribution in [-0.4, -0.2) is 29.0 Å². The molecule has 1 saturated heterocycles. The Kier molecular flexibility index (Phi) is 4.82. The summed E-state index contributed by atoms with van der Waals surface area (Å²) < 4.78 is 14.4. The fourth-order valence-corrected chi connectivity index (χ4v) is 5.96. The molecule has 1 spiro atoms. The van der Waals surface area contributed by atoms with Crippen molar-refractivity contribution in [2.24, 2.45) is 0 Å². The van der Waals surface area contributed by atoms with Crippen LogP contribution >= 0.6 is 11.8 Å². The average molecular weight is 433 g/mol. The highest BCUT2D eigenvalue weighted by atomic mass is 32.2. The second-order valence-electron chi connectivity index (χ2n) is 7.83. The third kappa shape index (κ3) is 3.05. The first-order valence-electron chi connectivity index (χ1n) is 10.2. The van der Waals surface area contributed by atoms with Crippen molar-refractivity contribution in [3.63, 3.8) is 0 Å². The lowest BCUT2D eigenvalue weighted by Crippen LogP contribution is -2.50. The van der Waals surface area contributed by atoms with Crippen LogP contribution in [0, 0.1) is 12.7 Å². The van der Waals surface area contributed by atoms with E-state index in [1.54, 1.807) is 21.9 Å². The molecule has 156 valence electrons. The molecule has 1 fully saturated rings. The van der Waals surface area contributed by atoms with Crippen LogP contribution in [0.15, 0.2) is 72.8 Å². The first-order chi connectivity index (χ1) is 15.0. The van der Waals surface area contributed by atoms with Crippen molar-refractivity contribution in [3.05, 3.63) is 101 Å². The van der Waals surface area contributed by atoms with Crippen LogP contribution in [0.3, 0.4) is 0 Å². The van der Waals surface area contributed by atoms with Gasteiger partial charge < -0.3 is 9.80 Å². The number of para-hydroxylation sites is 1. The molecule has 0 saturated carbocycles. The number of halogens is 1. The van der Waals surface area contributed by atoms with Crippen molar-refractivity contribution in [2.45, 2.75) is 18.3 Å². The Balaban J connectivity index is 1.59. The molecule has 0 aromatic heterocycles. The van der Waals surface area contributed by atoms with Gasteiger partial charge >= 0.3 is 0 Å². The van der Waals surface area contributed by atoms with Crippen LogP contribution < -0.4 is 4.90 Å². The van der Waals surface area contributed by atoms with Crippen molar-refractivity contribution in [2.75, 3.05) is 17.2 Å². The fraction of sp³-hybridized carbons (Fsp3) is 0.200. The highest BCUT2D eigenvalue weighted by Gasteiger charge is 2.59. The van der Waals surface area contributed by atoms with Gasteiger partial charge in [-0.1, -0.05) is 60.2 Å². The monoisotopic (exact) mass is 432 g/mol. The molecular weight excluding hydrogens is 411 g/mol. The van der Waals surface area contributed by atoms with Crippen LogP contribution in [0.4, 0.5) is 10.1 Å². The maximum atomic E-state index is 14.4. The van der Waals surface area contributed by atoms with Crippen molar-refractivity contribution < 1.29 is 14.0 Å². The Bertz CT molecular complexity index is 1200. The minimum atomic E-state index is -1.17. The molecule has 0 N–H and O–H groups in total. The van der Waals surface area contributed by atoms with Crippen LogP contribution in [-0.2, 0) is 16.2 Å². The SMILES string of the molecule is Cc1cccc(CN2C(=O)[C@@]3(SCCN3C(=O)c3ccccc3F)c3ccccc32)c1. The molecule has 0 unspecified atom stereocenters. The van der Waals surface area contributed by atoms with Gasteiger partial charge in [0.25, 0.3) is 11.8 Å². The van der Waals surface area contributed by atoms with Gasteiger partial charge in [0.1, 0.15) is 5.82 Å². The number of carbonyl (C=O) groups is 2. The summed E-state index contributed by atoms with van der Waals surface area (Å²) in [6, 6.07) is 21.6. The molecule has 6 heteroatoms. The molecule has 5 rings (SSSR count). The van der Waals surface area contributed by atoms with E-state index in [2.05, 4.69) is 6.07 Å². The van der Waals surface area contributed by atoms with E-state index in [1.807, 2.05) is 49.4 Å². The number of amides is 2. The normalized spacial score (nSPS) is 19.9. The number of benzene rings is 3. The van der Waals surface area contributed by atoms with E-state index in [9.17, 15) is 14.0 Å². The van der Waals surface area contributed by atoms with Crippen molar-refractivity contribution in [1.82, 2.24) is 4.90 Å². The Morgan fingerprint density at radius 3 is 2.65 bits per heavy atom. The highest BCUT2D eigenvalue weighted by Crippen LogP contribution is 2.54. The lowest BCUT2D eigenvalue weighted by molar-refractivity contribution is -0.123. The van der Waals surface area contributed by atoms with Crippen LogP contribution in [0.1, 0.15) is 27.0 Å². The number of nitrogens with zero attached hydrogens (tertiary/aromatic N) is 2. The summed E-state index contributed by atoms with van der Waals surface area (Å²) in [4.78, 5) is 29.5. The summed E-state index contributed by atoms with van der Waals surface area (Å²) in [6.07, 6.45) is 0. The molecule has 2 amide bonds. The number of fused-ring (bicyclic) bond motifs is 2. The minimum Gasteiger partial charge on any atom is -0.311 e. The number of aryl methyl sites for hydroxylation is 1. The van der Waals surface area contributed by atoms with Gasteiger partial charge in [0.15, 0.2) is 4.87 Å². The summed E-state index contributed by atoms with van der Waals surface area (Å²) in [5.41, 5.74) is 3.73. The Hall–Kier alpha value is -3.12. The van der Waals surface area contributed by atoms with E-state index < -0.39 is 16.6 Å². The zero-order chi connectivity index (χ0) is 21.6. The van der Waals surface area contributed by atoms with E-state index in [4.69, 9.17) is 0 Å². The maximum Gasteiger partial charge on any atom is 0.268 e. The fourth-order valence-electron chi connectivity index (χ4n) is 4.50. The van der Waals surface area contributed by atoms with Gasteiger partial charge in [0, 0.05) is 17.9 Å². The van der Waals surface area contributed by atoms with Crippen LogP contribution in [0.25, 0.3) is 0 Å². The Labute approximate surface area is 184 Å². The third-order valence-corrected chi connectivity index (χ3v) is 7.29. The molecule has 4 nitrogen and oxygen atoms in total. The first-order valence-corrected chi connectivity index (χ1v) is 11.2. The number of anilines is 1. The smallest absolute Gasteiger partial charge is 0.268 e. The molecule has 3 aromatic rings. The molecule has 1 atom stereocenters. The topological polar surface area (TPSA) is 40.6 Å². The lowest BCUT2D eigenvalue weighted by atomic mass is 10.0. The average Bonchev–Trinajstić information content (AvgIpc) is 3.31. The second-order valence-corrected chi connectivity index (χ2v) is 9.11. The molecular formula is C25H21FN2O2S. The van der Waals surface area contributed by atoms with Gasteiger partial charge in [0.05, 0.1) is 17.8 Å². The second kappa shape index (κ2) is 7.54. The Morgan fingerprint density at radius 2 is 1.84 bits per heavy atom. The van der Waals surface area contributed by atoms with Crippen molar-refractivity contribution in [1.29, 1.82) is 0 Å². The van der Waals surface area contributed by atoms with Crippen LogP contribution in [0.5, 0.6) is 0 Å². The molecule has 3 aromatic carbocycles. The van der Waals surface area contributed by atoms with Gasteiger partial charge in [-0.25, -0.2) is 4.39 Å². The van der Waals surface area contributed by atoms with Crippen LogP contribution in [0.2, 0.25) is 0 Å². The van der Waals surface area contributed by atoms with Crippen molar-refractivity contribution in [3.8, 4) is 0 Å². The standard InChI is InChI=1S/C25H21FN2O2S/c1-17-7-6-8-18(15-17)16-27-22-12-5-3-10-20(22)25(24(27)30)28(13-14-31-25)23(29)19-9-2-4-11-21(19)26/h2-12,15H,13-14,16H2,1H3/t25-/m0/s1. The minimum absolute atomic E-state index is 0.00760. The number of rotatable bonds is 3. The van der Waals surface area contributed by atoms with Gasteiger partial charge in [0.2, 0.25) is 0 Å².